The van der Waals surface area contributed by atoms with Gasteiger partial charge in [0, 0.05) is 29.8 Å². The Labute approximate surface area is 154 Å². The van der Waals surface area contributed by atoms with Crippen molar-refractivity contribution in [2.75, 3.05) is 27.2 Å². The average Bonchev–Trinajstić information content (AvgIpc) is 3.00. The van der Waals surface area contributed by atoms with Crippen LogP contribution in [-0.4, -0.2) is 48.6 Å². The Bertz CT molecular complexity index is 885. The van der Waals surface area contributed by atoms with Gasteiger partial charge in [-0.2, -0.15) is 0 Å². The van der Waals surface area contributed by atoms with E-state index in [1.807, 2.05) is 19.0 Å². The lowest BCUT2D eigenvalue weighted by atomic mass is 10.0. The standard InChI is InChI=1S/C18H17ClFN3O3/c1-23(2)7-6-21-13-9-14(24)16-18(17(13)25)26-15(22-16)8-10-11(19)4-3-5-12(10)20/h3-5,9,21H,6-8H2,1-2H3. The first-order chi connectivity index (χ1) is 12.4. The number of nitrogens with one attached hydrogen (secondary N) is 1. The topological polar surface area (TPSA) is 75.4 Å². The highest BCUT2D eigenvalue weighted by atomic mass is 35.5. The zero-order chi connectivity index (χ0) is 18.8. The summed E-state index contributed by atoms with van der Waals surface area (Å²) in [5, 5.41) is 3.16. The van der Waals surface area contributed by atoms with Crippen LogP contribution in [0, 0.1) is 5.82 Å². The molecule has 6 nitrogen and oxygen atoms in total. The summed E-state index contributed by atoms with van der Waals surface area (Å²) in [5.41, 5.74) is 0.302. The van der Waals surface area contributed by atoms with Crippen molar-refractivity contribution in [3.05, 3.63) is 63.7 Å². The lowest BCUT2D eigenvalue weighted by Crippen LogP contribution is -2.31. The Kier molecular flexibility index (Phi) is 5.20. The van der Waals surface area contributed by atoms with Crippen LogP contribution in [0.2, 0.25) is 5.02 Å². The molecule has 1 heterocycles. The van der Waals surface area contributed by atoms with Crippen LogP contribution in [0.1, 0.15) is 32.5 Å². The second-order valence-electron chi connectivity index (χ2n) is 6.14. The van der Waals surface area contributed by atoms with E-state index in [0.717, 1.165) is 0 Å². The largest absolute Gasteiger partial charge is 0.436 e. The van der Waals surface area contributed by atoms with E-state index in [0.29, 0.717) is 13.1 Å². The smallest absolute Gasteiger partial charge is 0.246 e. The number of allylic oxidation sites excluding steroid dienone is 2. The Morgan fingerprint density at radius 1 is 1.31 bits per heavy atom. The molecule has 0 aliphatic heterocycles. The molecule has 1 N–H and O–H groups in total. The third-order valence-electron chi connectivity index (χ3n) is 3.90. The van der Waals surface area contributed by atoms with Crippen molar-refractivity contribution in [2.45, 2.75) is 6.42 Å². The van der Waals surface area contributed by atoms with Crippen molar-refractivity contribution < 1.29 is 18.4 Å². The number of rotatable bonds is 6. The molecular formula is C18H17ClFN3O3. The monoisotopic (exact) mass is 377 g/mol. The molecule has 1 aliphatic carbocycles. The van der Waals surface area contributed by atoms with Crippen LogP contribution in [0.25, 0.3) is 0 Å². The van der Waals surface area contributed by atoms with Gasteiger partial charge in [-0.1, -0.05) is 17.7 Å². The zero-order valence-electron chi connectivity index (χ0n) is 14.3. The van der Waals surface area contributed by atoms with Crippen molar-refractivity contribution in [1.29, 1.82) is 0 Å². The van der Waals surface area contributed by atoms with Crippen molar-refractivity contribution >= 4 is 23.2 Å². The van der Waals surface area contributed by atoms with Crippen LogP contribution in [0.5, 0.6) is 0 Å². The molecule has 0 atom stereocenters. The number of carbonyl (C=O) groups excluding carboxylic acids is 2. The predicted octanol–water partition coefficient (Wildman–Crippen LogP) is 2.47. The zero-order valence-corrected chi connectivity index (χ0v) is 15.1. The van der Waals surface area contributed by atoms with Gasteiger partial charge in [0.15, 0.2) is 11.6 Å². The van der Waals surface area contributed by atoms with E-state index < -0.39 is 17.4 Å². The van der Waals surface area contributed by atoms with E-state index in [9.17, 15) is 14.0 Å². The van der Waals surface area contributed by atoms with Gasteiger partial charge in [-0.05, 0) is 26.2 Å². The molecule has 3 rings (SSSR count). The van der Waals surface area contributed by atoms with Gasteiger partial charge in [0.2, 0.25) is 17.3 Å². The van der Waals surface area contributed by atoms with Crippen LogP contribution in [0.4, 0.5) is 4.39 Å². The highest BCUT2D eigenvalue weighted by Crippen LogP contribution is 2.26. The van der Waals surface area contributed by atoms with Crippen LogP contribution in [-0.2, 0) is 6.42 Å². The lowest BCUT2D eigenvalue weighted by Gasteiger charge is -2.14. The normalized spacial score (nSPS) is 13.8. The summed E-state index contributed by atoms with van der Waals surface area (Å²) in [4.78, 5) is 30.7. The third kappa shape index (κ3) is 3.68. The highest BCUT2D eigenvalue weighted by molar-refractivity contribution is 6.31. The molecule has 0 bridgehead atoms. The van der Waals surface area contributed by atoms with Crippen LogP contribution in [0.15, 0.2) is 34.4 Å². The summed E-state index contributed by atoms with van der Waals surface area (Å²) in [6, 6.07) is 4.31. The number of likely N-dealkylation sites (N-methyl/N-ethyl adjacent to an activating group) is 1. The maximum atomic E-state index is 13.9. The summed E-state index contributed by atoms with van der Waals surface area (Å²) >= 11 is 6.00. The van der Waals surface area contributed by atoms with Gasteiger partial charge in [0.1, 0.15) is 5.82 Å². The Morgan fingerprint density at radius 3 is 2.77 bits per heavy atom. The minimum Gasteiger partial charge on any atom is -0.436 e. The fraction of sp³-hybridized carbons (Fsp3) is 0.278. The first kappa shape index (κ1) is 18.3. The van der Waals surface area contributed by atoms with Gasteiger partial charge < -0.3 is 14.6 Å². The lowest BCUT2D eigenvalue weighted by molar-refractivity contribution is 0.0955. The van der Waals surface area contributed by atoms with Crippen molar-refractivity contribution in [2.24, 2.45) is 0 Å². The van der Waals surface area contributed by atoms with E-state index in [1.165, 1.54) is 18.2 Å². The van der Waals surface area contributed by atoms with Gasteiger partial charge >= 0.3 is 0 Å². The van der Waals surface area contributed by atoms with Crippen LogP contribution >= 0.6 is 11.6 Å². The number of hydrogen-bond donors (Lipinski definition) is 1. The number of halogens is 2. The molecule has 0 fully saturated rings. The van der Waals surface area contributed by atoms with Gasteiger partial charge in [-0.3, -0.25) is 9.59 Å². The molecule has 1 aromatic carbocycles. The molecule has 0 spiro atoms. The maximum absolute atomic E-state index is 13.9. The summed E-state index contributed by atoms with van der Waals surface area (Å²) < 4.78 is 19.4. The SMILES string of the molecule is CN(C)CCNC1=CC(=O)c2nc(Cc3c(F)cccc3Cl)oc2C1=O. The van der Waals surface area contributed by atoms with Crippen molar-refractivity contribution in [3.8, 4) is 0 Å². The molecule has 0 amide bonds. The Morgan fingerprint density at radius 2 is 2.08 bits per heavy atom. The van der Waals surface area contributed by atoms with Gasteiger partial charge in [0.25, 0.3) is 0 Å². The Hall–Kier alpha value is -2.51. The van der Waals surface area contributed by atoms with Gasteiger partial charge in [0.05, 0.1) is 12.1 Å². The number of benzene rings is 1. The predicted molar refractivity (Wildman–Crippen MR) is 94.0 cm³/mol. The summed E-state index contributed by atoms with van der Waals surface area (Å²) in [6.07, 6.45) is 1.16. The first-order valence-corrected chi connectivity index (χ1v) is 8.36. The van der Waals surface area contributed by atoms with Crippen LogP contribution < -0.4 is 5.32 Å². The van der Waals surface area contributed by atoms with E-state index in [-0.39, 0.29) is 40.0 Å². The second kappa shape index (κ2) is 7.39. The first-order valence-electron chi connectivity index (χ1n) is 7.98. The molecule has 1 aromatic heterocycles. The highest BCUT2D eigenvalue weighted by Gasteiger charge is 2.32. The van der Waals surface area contributed by atoms with E-state index in [2.05, 4.69) is 10.3 Å². The summed E-state index contributed by atoms with van der Waals surface area (Å²) in [5.74, 6) is -1.45. The molecule has 0 saturated carbocycles. The third-order valence-corrected chi connectivity index (χ3v) is 4.25. The fourth-order valence-corrected chi connectivity index (χ4v) is 2.78. The molecule has 26 heavy (non-hydrogen) atoms. The minimum atomic E-state index is -0.504. The van der Waals surface area contributed by atoms with Crippen molar-refractivity contribution in [3.63, 3.8) is 0 Å². The quantitative estimate of drug-likeness (QED) is 0.833. The van der Waals surface area contributed by atoms with Gasteiger partial charge in [-0.25, -0.2) is 9.37 Å². The average molecular weight is 378 g/mol. The molecule has 0 unspecified atom stereocenters. The van der Waals surface area contributed by atoms with Crippen molar-refractivity contribution in [1.82, 2.24) is 15.2 Å². The Balaban J connectivity index is 1.82. The summed E-state index contributed by atoms with van der Waals surface area (Å²) in [7, 11) is 3.80. The van der Waals surface area contributed by atoms with Gasteiger partial charge in [-0.15, -0.1) is 0 Å². The number of Topliss-reactive ketones (excluding diaryl/α,β-unsaturated/α-hetero) is 1. The number of nitrogens with zero attached hydrogens (tertiary/aromatic N) is 2. The fourth-order valence-electron chi connectivity index (χ4n) is 2.55. The van der Waals surface area contributed by atoms with E-state index in [1.54, 1.807) is 6.07 Å². The minimum absolute atomic E-state index is 0.0531. The number of oxazole rings is 1. The van der Waals surface area contributed by atoms with Crippen LogP contribution in [0.3, 0.4) is 0 Å². The molecule has 1 aliphatic rings. The molecule has 8 heteroatoms. The molecule has 0 saturated heterocycles. The summed E-state index contributed by atoms with van der Waals surface area (Å²) in [6.45, 7) is 1.19. The molecular weight excluding hydrogens is 361 g/mol. The number of carbonyl (C=O) groups is 2. The number of hydrogen-bond acceptors (Lipinski definition) is 6. The second-order valence-corrected chi connectivity index (χ2v) is 6.55. The van der Waals surface area contributed by atoms with E-state index in [4.69, 9.17) is 16.0 Å². The molecule has 2 aromatic rings. The van der Waals surface area contributed by atoms with E-state index >= 15 is 0 Å². The maximum Gasteiger partial charge on any atom is 0.246 e. The molecule has 0 radical (unpaired) electrons. The number of fused-ring (bicyclic) bond motifs is 1. The number of aromatic nitrogens is 1. The number of ketones is 2. The molecule has 136 valence electrons.